The summed E-state index contributed by atoms with van der Waals surface area (Å²) in [6.45, 7) is 14.7. The Bertz CT molecular complexity index is 281. The van der Waals surface area contributed by atoms with Crippen LogP contribution in [0.25, 0.3) is 0 Å². The molecule has 1 heterocycles. The molecule has 0 spiro atoms. The number of rotatable bonds is 7. The van der Waals surface area contributed by atoms with Crippen LogP contribution in [0.2, 0.25) is 0 Å². The van der Waals surface area contributed by atoms with Crippen LogP contribution in [0.5, 0.6) is 0 Å². The van der Waals surface area contributed by atoms with Crippen molar-refractivity contribution < 1.29 is 4.79 Å². The minimum Gasteiger partial charge on any atom is -0.336 e. The minimum atomic E-state index is -0.0754. The van der Waals surface area contributed by atoms with Crippen molar-refractivity contribution in [1.29, 1.82) is 0 Å². The van der Waals surface area contributed by atoms with Gasteiger partial charge in [-0.1, -0.05) is 13.8 Å². The summed E-state index contributed by atoms with van der Waals surface area (Å²) in [4.78, 5) is 17.1. The molecular weight excluding hydrogens is 250 g/mol. The second kappa shape index (κ2) is 8.63. The number of nitrogens with zero attached hydrogens (tertiary/aromatic N) is 2. The van der Waals surface area contributed by atoms with E-state index in [1.807, 2.05) is 6.92 Å². The van der Waals surface area contributed by atoms with Crippen molar-refractivity contribution in [3.63, 3.8) is 0 Å². The largest absolute Gasteiger partial charge is 0.336 e. The summed E-state index contributed by atoms with van der Waals surface area (Å²) < 4.78 is 0. The zero-order chi connectivity index (χ0) is 15.1. The highest BCUT2D eigenvalue weighted by atomic mass is 16.2. The topological polar surface area (TPSA) is 35.6 Å². The second-order valence-corrected chi connectivity index (χ2v) is 6.08. The average molecular weight is 283 g/mol. The first-order valence-corrected chi connectivity index (χ1v) is 8.29. The molecule has 0 saturated carbocycles. The molecule has 118 valence electrons. The van der Waals surface area contributed by atoms with Gasteiger partial charge in [0.1, 0.15) is 0 Å². The summed E-state index contributed by atoms with van der Waals surface area (Å²) in [6.07, 6.45) is 3.53. The fourth-order valence-electron chi connectivity index (χ4n) is 3.15. The van der Waals surface area contributed by atoms with Crippen molar-refractivity contribution in [3.05, 3.63) is 0 Å². The number of piperidine rings is 1. The normalized spacial score (nSPS) is 25.0. The lowest BCUT2D eigenvalue weighted by Crippen LogP contribution is -2.54. The zero-order valence-corrected chi connectivity index (χ0v) is 14.0. The standard InChI is InChI=1S/C16H33N3O/c1-6-18(7-2)12-11-17-15(5)16(20)19-13(3)9-8-10-14(19)4/h13-15,17H,6-12H2,1-5H3/t13-,14-,15-/m1/s1. The van der Waals surface area contributed by atoms with Gasteiger partial charge in [0.15, 0.2) is 0 Å². The van der Waals surface area contributed by atoms with E-state index in [-0.39, 0.29) is 11.9 Å². The Labute approximate surface area is 124 Å². The smallest absolute Gasteiger partial charge is 0.239 e. The van der Waals surface area contributed by atoms with Gasteiger partial charge in [-0.25, -0.2) is 0 Å². The van der Waals surface area contributed by atoms with Crippen LogP contribution in [0.3, 0.4) is 0 Å². The lowest BCUT2D eigenvalue weighted by Gasteiger charge is -2.40. The number of amides is 1. The Hall–Kier alpha value is -0.610. The van der Waals surface area contributed by atoms with Crippen LogP contribution in [0.1, 0.15) is 53.9 Å². The molecule has 1 rings (SSSR count). The molecule has 0 aromatic heterocycles. The van der Waals surface area contributed by atoms with Gasteiger partial charge in [-0.3, -0.25) is 4.79 Å². The summed E-state index contributed by atoms with van der Waals surface area (Å²) >= 11 is 0. The number of hydrogen-bond donors (Lipinski definition) is 1. The molecule has 1 N–H and O–H groups in total. The summed E-state index contributed by atoms with van der Waals surface area (Å²) in [5.74, 6) is 0.268. The highest BCUT2D eigenvalue weighted by molar-refractivity contribution is 5.82. The van der Waals surface area contributed by atoms with E-state index in [1.54, 1.807) is 0 Å². The fraction of sp³-hybridized carbons (Fsp3) is 0.938. The number of likely N-dealkylation sites (tertiary alicyclic amines) is 1. The van der Waals surface area contributed by atoms with Gasteiger partial charge >= 0.3 is 0 Å². The molecule has 0 aromatic carbocycles. The molecule has 3 atom stereocenters. The molecule has 0 radical (unpaired) electrons. The highest BCUT2D eigenvalue weighted by Gasteiger charge is 2.31. The molecular formula is C16H33N3O. The van der Waals surface area contributed by atoms with Gasteiger partial charge in [-0.05, 0) is 53.1 Å². The average Bonchev–Trinajstić information content (AvgIpc) is 2.43. The monoisotopic (exact) mass is 283 g/mol. The maximum Gasteiger partial charge on any atom is 0.239 e. The molecule has 1 aliphatic rings. The quantitative estimate of drug-likeness (QED) is 0.777. The molecule has 4 nitrogen and oxygen atoms in total. The molecule has 1 saturated heterocycles. The predicted molar refractivity (Wildman–Crippen MR) is 84.9 cm³/mol. The number of nitrogens with one attached hydrogen (secondary N) is 1. The molecule has 0 aliphatic carbocycles. The van der Waals surface area contributed by atoms with Crippen molar-refractivity contribution in [1.82, 2.24) is 15.1 Å². The summed E-state index contributed by atoms with van der Waals surface area (Å²) in [6, 6.07) is 0.699. The Morgan fingerprint density at radius 3 is 2.30 bits per heavy atom. The first-order valence-electron chi connectivity index (χ1n) is 8.29. The van der Waals surface area contributed by atoms with Crippen molar-refractivity contribution >= 4 is 5.91 Å². The van der Waals surface area contributed by atoms with Gasteiger partial charge in [0.25, 0.3) is 0 Å². The molecule has 0 aromatic rings. The van der Waals surface area contributed by atoms with Crippen LogP contribution in [0.4, 0.5) is 0 Å². The van der Waals surface area contributed by atoms with Crippen LogP contribution in [0.15, 0.2) is 0 Å². The molecule has 0 bridgehead atoms. The van der Waals surface area contributed by atoms with Crippen molar-refractivity contribution in [2.75, 3.05) is 26.2 Å². The summed E-state index contributed by atoms with van der Waals surface area (Å²) in [5, 5.41) is 3.39. The van der Waals surface area contributed by atoms with Gasteiger partial charge in [0, 0.05) is 25.2 Å². The minimum absolute atomic E-state index is 0.0754. The Balaban J connectivity index is 2.41. The van der Waals surface area contributed by atoms with E-state index >= 15 is 0 Å². The van der Waals surface area contributed by atoms with E-state index in [2.05, 4.69) is 42.8 Å². The molecule has 20 heavy (non-hydrogen) atoms. The zero-order valence-electron chi connectivity index (χ0n) is 14.0. The molecule has 1 aliphatic heterocycles. The molecule has 0 unspecified atom stereocenters. The van der Waals surface area contributed by atoms with E-state index in [0.29, 0.717) is 12.1 Å². The van der Waals surface area contributed by atoms with Crippen LogP contribution in [-0.2, 0) is 4.79 Å². The first kappa shape index (κ1) is 17.4. The second-order valence-electron chi connectivity index (χ2n) is 6.08. The lowest BCUT2D eigenvalue weighted by atomic mass is 9.96. The van der Waals surface area contributed by atoms with Gasteiger partial charge in [-0.2, -0.15) is 0 Å². The fourth-order valence-corrected chi connectivity index (χ4v) is 3.15. The molecule has 4 heteroatoms. The van der Waals surface area contributed by atoms with E-state index in [4.69, 9.17) is 0 Å². The van der Waals surface area contributed by atoms with Gasteiger partial charge in [0.2, 0.25) is 5.91 Å². The predicted octanol–water partition coefficient (Wildman–Crippen LogP) is 2.10. The third kappa shape index (κ3) is 4.74. The Kier molecular flexibility index (Phi) is 7.52. The molecule has 1 amide bonds. The van der Waals surface area contributed by atoms with Gasteiger partial charge in [0.05, 0.1) is 6.04 Å². The third-order valence-corrected chi connectivity index (χ3v) is 4.59. The van der Waals surface area contributed by atoms with E-state index < -0.39 is 0 Å². The van der Waals surface area contributed by atoms with Crippen molar-refractivity contribution in [2.24, 2.45) is 0 Å². The third-order valence-electron chi connectivity index (χ3n) is 4.59. The van der Waals surface area contributed by atoms with Crippen LogP contribution < -0.4 is 5.32 Å². The van der Waals surface area contributed by atoms with Gasteiger partial charge < -0.3 is 15.1 Å². The van der Waals surface area contributed by atoms with Crippen LogP contribution in [0, 0.1) is 0 Å². The lowest BCUT2D eigenvalue weighted by molar-refractivity contribution is -0.139. The van der Waals surface area contributed by atoms with E-state index in [9.17, 15) is 4.79 Å². The highest BCUT2D eigenvalue weighted by Crippen LogP contribution is 2.23. The number of carbonyl (C=O) groups is 1. The number of hydrogen-bond acceptors (Lipinski definition) is 3. The summed E-state index contributed by atoms with van der Waals surface area (Å²) in [7, 11) is 0. The van der Waals surface area contributed by atoms with Crippen molar-refractivity contribution in [3.8, 4) is 0 Å². The molecule has 1 fully saturated rings. The Morgan fingerprint density at radius 2 is 1.80 bits per heavy atom. The summed E-state index contributed by atoms with van der Waals surface area (Å²) in [5.41, 5.74) is 0. The van der Waals surface area contributed by atoms with Gasteiger partial charge in [-0.15, -0.1) is 0 Å². The number of carbonyl (C=O) groups excluding carboxylic acids is 1. The first-order chi connectivity index (χ1) is 9.51. The Morgan fingerprint density at radius 1 is 1.25 bits per heavy atom. The van der Waals surface area contributed by atoms with Crippen LogP contribution >= 0.6 is 0 Å². The maximum absolute atomic E-state index is 12.6. The SMILES string of the molecule is CCN(CC)CCN[C@H](C)C(=O)N1[C@H](C)CCC[C@H]1C. The van der Waals surface area contributed by atoms with Crippen molar-refractivity contribution in [2.45, 2.75) is 72.0 Å². The van der Waals surface area contributed by atoms with E-state index in [0.717, 1.165) is 39.0 Å². The number of likely N-dealkylation sites (N-methyl/N-ethyl adjacent to an activating group) is 1. The van der Waals surface area contributed by atoms with Crippen LogP contribution in [-0.4, -0.2) is 60.0 Å². The maximum atomic E-state index is 12.6. The van der Waals surface area contributed by atoms with E-state index in [1.165, 1.54) is 6.42 Å².